The van der Waals surface area contributed by atoms with Crippen molar-refractivity contribution in [2.75, 3.05) is 6.61 Å². The lowest BCUT2D eigenvalue weighted by Crippen LogP contribution is -2.58. The van der Waals surface area contributed by atoms with Gasteiger partial charge in [-0.15, -0.1) is 11.5 Å². The lowest BCUT2D eigenvalue weighted by molar-refractivity contribution is -0.384. The summed E-state index contributed by atoms with van der Waals surface area (Å²) < 4.78 is 36.0. The van der Waals surface area contributed by atoms with Gasteiger partial charge in [0, 0.05) is 12.1 Å². The van der Waals surface area contributed by atoms with Crippen LogP contribution in [0.3, 0.4) is 0 Å². The summed E-state index contributed by atoms with van der Waals surface area (Å²) in [6.45, 7) is 0.288. The van der Waals surface area contributed by atoms with Gasteiger partial charge in [-0.1, -0.05) is 11.1 Å². The maximum Gasteiger partial charge on any atom is 0.361 e. The fourth-order valence-corrected chi connectivity index (χ4v) is 6.55. The molecule has 1 amide bonds. The molecule has 2 aliphatic heterocycles. The molecule has 15 heteroatoms. The number of hydrogen-bond donors (Lipinski definition) is 0. The van der Waals surface area contributed by atoms with Gasteiger partial charge in [-0.2, -0.15) is 0 Å². The number of sulfone groups is 1. The smallest absolute Gasteiger partial charge is 0.361 e. The Morgan fingerprint density at radius 1 is 1.31 bits per heavy atom. The molecule has 3 heterocycles. The monoisotopic (exact) mass is 517 g/mol. The van der Waals surface area contributed by atoms with Crippen molar-refractivity contribution in [1.29, 1.82) is 0 Å². The minimum atomic E-state index is -4.08. The SMILES string of the molecule is C#CCOC(=O)c1cn(C[C@@]2(C)[C@H](C(=O)OCc3ccc([N+](=O)[O-])cc3)N3C(=O)C[C@H]3S2(=O)=O)nn1. The Bertz CT molecular complexity index is 1400. The van der Waals surface area contributed by atoms with Gasteiger partial charge < -0.3 is 14.4 Å². The number of terminal acetylenes is 1. The molecule has 4 rings (SSSR count). The second-order valence-electron chi connectivity index (χ2n) is 8.33. The van der Waals surface area contributed by atoms with Gasteiger partial charge in [-0.25, -0.2) is 22.7 Å². The van der Waals surface area contributed by atoms with Gasteiger partial charge in [-0.3, -0.25) is 14.9 Å². The van der Waals surface area contributed by atoms with Crippen LogP contribution in [-0.4, -0.2) is 73.9 Å². The first-order valence-electron chi connectivity index (χ1n) is 10.4. The van der Waals surface area contributed by atoms with Crippen molar-refractivity contribution in [2.24, 2.45) is 0 Å². The number of β-lactam (4-membered cyclic amide) rings is 1. The number of non-ortho nitro benzene ring substituents is 1. The van der Waals surface area contributed by atoms with E-state index in [0.717, 1.165) is 15.8 Å². The first-order chi connectivity index (χ1) is 17.0. The first-order valence-corrected chi connectivity index (χ1v) is 12.0. The average molecular weight is 517 g/mol. The fraction of sp³-hybridized carbons (Fsp3) is 0.381. The van der Waals surface area contributed by atoms with Crippen molar-refractivity contribution in [3.8, 4) is 12.3 Å². The molecule has 0 N–H and O–H groups in total. The fourth-order valence-electron chi connectivity index (χ4n) is 4.19. The van der Waals surface area contributed by atoms with E-state index in [1.165, 1.54) is 31.2 Å². The number of carbonyl (C=O) groups excluding carboxylic acids is 3. The number of nitro benzene ring substituents is 1. The molecule has 2 aliphatic rings. The third-order valence-electron chi connectivity index (χ3n) is 6.07. The molecule has 0 saturated carbocycles. The lowest BCUT2D eigenvalue weighted by Gasteiger charge is -2.36. The van der Waals surface area contributed by atoms with Gasteiger partial charge in [0.1, 0.15) is 16.7 Å². The topological polar surface area (TPSA) is 181 Å². The number of carbonyl (C=O) groups is 3. The standard InChI is InChI=1S/C21H19N5O9S/c1-3-8-34-19(28)15-10-24(23-22-15)12-21(2)18(25-16(27)9-17(25)36(21,32)33)20(29)35-11-13-4-6-14(7-5-13)26(30)31/h1,4-7,10,17-18H,8-9,11-12H2,2H3/t17-,18+,21+/m1/s1. The molecule has 2 fully saturated rings. The Kier molecular flexibility index (Phi) is 6.23. The van der Waals surface area contributed by atoms with Crippen LogP contribution in [0, 0.1) is 22.5 Å². The zero-order valence-corrected chi connectivity index (χ0v) is 19.6. The molecule has 0 bridgehead atoms. The lowest BCUT2D eigenvalue weighted by atomic mass is 9.96. The van der Waals surface area contributed by atoms with E-state index >= 15 is 0 Å². The van der Waals surface area contributed by atoms with Crippen LogP contribution in [0.2, 0.25) is 0 Å². The number of hydrogen-bond acceptors (Lipinski definition) is 11. The van der Waals surface area contributed by atoms with E-state index in [0.29, 0.717) is 5.56 Å². The molecular weight excluding hydrogens is 498 g/mol. The molecule has 1 aromatic carbocycles. The van der Waals surface area contributed by atoms with E-state index < -0.39 is 55.3 Å². The Morgan fingerprint density at radius 2 is 2.00 bits per heavy atom. The summed E-state index contributed by atoms with van der Waals surface area (Å²) >= 11 is 0. The van der Waals surface area contributed by atoms with Crippen LogP contribution in [0.5, 0.6) is 0 Å². The number of aromatic nitrogens is 3. The number of amides is 1. The molecule has 2 aromatic rings. The minimum absolute atomic E-state index is 0.149. The van der Waals surface area contributed by atoms with Crippen LogP contribution in [0.1, 0.15) is 29.4 Å². The van der Waals surface area contributed by atoms with Gasteiger partial charge in [0.15, 0.2) is 28.2 Å². The van der Waals surface area contributed by atoms with Crippen LogP contribution < -0.4 is 0 Å². The maximum absolute atomic E-state index is 13.4. The predicted molar refractivity (Wildman–Crippen MR) is 118 cm³/mol. The second-order valence-corrected chi connectivity index (χ2v) is 10.9. The van der Waals surface area contributed by atoms with Gasteiger partial charge >= 0.3 is 11.9 Å². The van der Waals surface area contributed by atoms with Gasteiger partial charge in [0.05, 0.1) is 24.1 Å². The summed E-state index contributed by atoms with van der Waals surface area (Å²) in [6, 6.07) is 3.76. The molecule has 0 radical (unpaired) electrons. The summed E-state index contributed by atoms with van der Waals surface area (Å²) in [5.74, 6) is -0.234. The molecule has 3 atom stereocenters. The quantitative estimate of drug-likeness (QED) is 0.149. The van der Waals surface area contributed by atoms with E-state index in [1.807, 2.05) is 0 Å². The number of fused-ring (bicyclic) bond motifs is 1. The number of benzene rings is 1. The van der Waals surface area contributed by atoms with Crippen molar-refractivity contribution >= 4 is 33.4 Å². The Balaban J connectivity index is 1.57. The van der Waals surface area contributed by atoms with E-state index in [1.54, 1.807) is 0 Å². The Hall–Kier alpha value is -4.32. The van der Waals surface area contributed by atoms with Crippen molar-refractivity contribution in [3.05, 3.63) is 51.8 Å². The van der Waals surface area contributed by atoms with E-state index in [9.17, 15) is 32.9 Å². The molecule has 0 aliphatic carbocycles. The predicted octanol–water partition coefficient (Wildman–Crippen LogP) is -0.166. The second kappa shape index (κ2) is 9.04. The normalized spacial score (nSPS) is 23.8. The highest BCUT2D eigenvalue weighted by atomic mass is 32.2. The van der Waals surface area contributed by atoms with Crippen molar-refractivity contribution in [2.45, 2.75) is 42.7 Å². The number of nitrogens with zero attached hydrogens (tertiary/aromatic N) is 5. The maximum atomic E-state index is 13.4. The highest BCUT2D eigenvalue weighted by Gasteiger charge is 2.70. The molecule has 36 heavy (non-hydrogen) atoms. The molecule has 2 saturated heterocycles. The van der Waals surface area contributed by atoms with Crippen LogP contribution in [-0.2, 0) is 42.1 Å². The third kappa shape index (κ3) is 4.05. The molecule has 1 aromatic heterocycles. The summed E-state index contributed by atoms with van der Waals surface area (Å²) in [6.07, 6.45) is 5.92. The van der Waals surface area contributed by atoms with Crippen molar-refractivity contribution in [3.63, 3.8) is 0 Å². The highest BCUT2D eigenvalue weighted by Crippen LogP contribution is 2.47. The molecule has 0 unspecified atom stereocenters. The van der Waals surface area contributed by atoms with Gasteiger partial charge in [0.2, 0.25) is 5.91 Å². The zero-order chi connectivity index (χ0) is 26.3. The third-order valence-corrected chi connectivity index (χ3v) is 8.84. The molecular formula is C21H19N5O9S. The first kappa shape index (κ1) is 24.8. The Labute approximate surface area is 204 Å². The molecule has 188 valence electrons. The number of nitro groups is 1. The van der Waals surface area contributed by atoms with Crippen molar-refractivity contribution < 1.29 is 37.2 Å². The van der Waals surface area contributed by atoms with Crippen LogP contribution in [0.25, 0.3) is 0 Å². The number of esters is 2. The van der Waals surface area contributed by atoms with Gasteiger partial charge in [-0.05, 0) is 24.6 Å². The Morgan fingerprint density at radius 3 is 2.61 bits per heavy atom. The summed E-state index contributed by atoms with van der Waals surface area (Å²) in [7, 11) is -4.08. The zero-order valence-electron chi connectivity index (χ0n) is 18.8. The van der Waals surface area contributed by atoms with Crippen LogP contribution in [0.15, 0.2) is 30.5 Å². The molecule has 0 spiro atoms. The minimum Gasteiger partial charge on any atom is -0.459 e. The van der Waals surface area contributed by atoms with Crippen LogP contribution in [0.4, 0.5) is 5.69 Å². The summed E-state index contributed by atoms with van der Waals surface area (Å²) in [5, 5.41) is 17.0. The summed E-state index contributed by atoms with van der Waals surface area (Å²) in [5.41, 5.74) is 0.0548. The van der Waals surface area contributed by atoms with Crippen LogP contribution >= 0.6 is 0 Å². The largest absolute Gasteiger partial charge is 0.459 e. The van der Waals surface area contributed by atoms with E-state index in [4.69, 9.17) is 15.9 Å². The van der Waals surface area contributed by atoms with E-state index in [2.05, 4.69) is 16.2 Å². The number of ether oxygens (including phenoxy) is 2. The number of rotatable bonds is 8. The highest BCUT2D eigenvalue weighted by molar-refractivity contribution is 7.93. The molecule has 14 nitrogen and oxygen atoms in total. The van der Waals surface area contributed by atoms with E-state index in [-0.39, 0.29) is 31.0 Å². The van der Waals surface area contributed by atoms with Gasteiger partial charge in [0.25, 0.3) is 5.69 Å². The summed E-state index contributed by atoms with van der Waals surface area (Å²) in [4.78, 5) is 48.6. The van der Waals surface area contributed by atoms with Crippen molar-refractivity contribution in [1.82, 2.24) is 19.9 Å². The average Bonchev–Trinajstić information content (AvgIpc) is 3.35.